The Morgan fingerprint density at radius 1 is 1.13 bits per heavy atom. The SMILES string of the molecule is OCC[C@H]1CN(Cc2ccc(F)cc2F)CCN1C1CCCC1. The van der Waals surface area contributed by atoms with Crippen LogP contribution >= 0.6 is 0 Å². The number of hydrogen-bond donors (Lipinski definition) is 1. The second-order valence-corrected chi connectivity index (χ2v) is 6.81. The Bertz CT molecular complexity index is 520. The van der Waals surface area contributed by atoms with Crippen LogP contribution in [-0.2, 0) is 6.54 Å². The standard InChI is InChI=1S/C18H26F2N2O/c19-15-6-5-14(18(20)11-15)12-21-8-9-22(16-3-1-2-4-16)17(13-21)7-10-23/h5-6,11,16-17,23H,1-4,7-10,12-13H2/t17-/m0/s1. The molecule has 1 aliphatic carbocycles. The van der Waals surface area contributed by atoms with E-state index in [1.54, 1.807) is 0 Å². The number of benzene rings is 1. The normalized spacial score (nSPS) is 24.4. The Morgan fingerprint density at radius 2 is 1.91 bits per heavy atom. The maximum absolute atomic E-state index is 13.9. The summed E-state index contributed by atoms with van der Waals surface area (Å²) in [5, 5.41) is 9.38. The molecule has 3 nitrogen and oxygen atoms in total. The molecule has 5 heteroatoms. The predicted octanol–water partition coefficient (Wildman–Crippen LogP) is 2.78. The minimum atomic E-state index is -0.532. The minimum absolute atomic E-state index is 0.187. The number of piperazine rings is 1. The van der Waals surface area contributed by atoms with E-state index in [0.29, 0.717) is 24.2 Å². The van der Waals surface area contributed by atoms with Gasteiger partial charge in [-0.05, 0) is 25.3 Å². The molecular formula is C18H26F2N2O. The van der Waals surface area contributed by atoms with Crippen molar-refractivity contribution in [2.45, 2.75) is 50.7 Å². The molecule has 1 saturated carbocycles. The molecule has 0 unspecified atom stereocenters. The van der Waals surface area contributed by atoms with Crippen LogP contribution in [0.1, 0.15) is 37.7 Å². The van der Waals surface area contributed by atoms with Crippen LogP contribution in [-0.4, -0.2) is 53.2 Å². The van der Waals surface area contributed by atoms with E-state index in [1.807, 2.05) is 0 Å². The Hall–Kier alpha value is -1.04. The van der Waals surface area contributed by atoms with Crippen LogP contribution in [0.5, 0.6) is 0 Å². The monoisotopic (exact) mass is 324 g/mol. The van der Waals surface area contributed by atoms with Crippen molar-refractivity contribution in [2.24, 2.45) is 0 Å². The van der Waals surface area contributed by atoms with E-state index < -0.39 is 11.6 Å². The van der Waals surface area contributed by atoms with E-state index in [-0.39, 0.29) is 6.61 Å². The first-order valence-corrected chi connectivity index (χ1v) is 8.70. The van der Waals surface area contributed by atoms with Crippen molar-refractivity contribution >= 4 is 0 Å². The Kier molecular flexibility index (Phi) is 5.62. The second kappa shape index (κ2) is 7.69. The number of nitrogens with zero attached hydrogens (tertiary/aromatic N) is 2. The summed E-state index contributed by atoms with van der Waals surface area (Å²) in [6.07, 6.45) is 5.89. The van der Waals surface area contributed by atoms with E-state index in [0.717, 1.165) is 32.1 Å². The van der Waals surface area contributed by atoms with Crippen molar-refractivity contribution in [1.82, 2.24) is 9.80 Å². The summed E-state index contributed by atoms with van der Waals surface area (Å²) in [5.74, 6) is -1.00. The van der Waals surface area contributed by atoms with E-state index in [1.165, 1.54) is 37.8 Å². The topological polar surface area (TPSA) is 26.7 Å². The van der Waals surface area contributed by atoms with Gasteiger partial charge in [0.2, 0.25) is 0 Å². The van der Waals surface area contributed by atoms with Gasteiger partial charge < -0.3 is 5.11 Å². The lowest BCUT2D eigenvalue weighted by Crippen LogP contribution is -2.56. The van der Waals surface area contributed by atoms with Gasteiger partial charge in [-0.25, -0.2) is 8.78 Å². The molecule has 1 aromatic carbocycles. The highest BCUT2D eigenvalue weighted by Gasteiger charge is 2.33. The van der Waals surface area contributed by atoms with Gasteiger partial charge in [0.1, 0.15) is 11.6 Å². The van der Waals surface area contributed by atoms with Gasteiger partial charge in [-0.1, -0.05) is 18.9 Å². The molecule has 0 bridgehead atoms. The van der Waals surface area contributed by atoms with Crippen LogP contribution in [0.2, 0.25) is 0 Å². The zero-order valence-corrected chi connectivity index (χ0v) is 13.6. The molecule has 0 amide bonds. The summed E-state index contributed by atoms with van der Waals surface area (Å²) in [4.78, 5) is 4.78. The van der Waals surface area contributed by atoms with Crippen molar-refractivity contribution < 1.29 is 13.9 Å². The van der Waals surface area contributed by atoms with Crippen LogP contribution in [0.25, 0.3) is 0 Å². The van der Waals surface area contributed by atoms with Gasteiger partial charge in [-0.2, -0.15) is 0 Å². The molecule has 3 rings (SSSR count). The van der Waals surface area contributed by atoms with Gasteiger partial charge in [-0.15, -0.1) is 0 Å². The zero-order chi connectivity index (χ0) is 16.2. The summed E-state index contributed by atoms with van der Waals surface area (Å²) in [5.41, 5.74) is 0.545. The van der Waals surface area contributed by atoms with E-state index in [9.17, 15) is 13.9 Å². The molecule has 0 radical (unpaired) electrons. The average Bonchev–Trinajstić information content (AvgIpc) is 3.05. The molecule has 1 saturated heterocycles. The lowest BCUT2D eigenvalue weighted by molar-refractivity contribution is 0.0263. The lowest BCUT2D eigenvalue weighted by Gasteiger charge is -2.44. The number of aliphatic hydroxyl groups excluding tert-OH is 1. The highest BCUT2D eigenvalue weighted by Crippen LogP contribution is 2.28. The molecular weight excluding hydrogens is 298 g/mol. The first-order valence-electron chi connectivity index (χ1n) is 8.70. The summed E-state index contributed by atoms with van der Waals surface area (Å²) in [6.45, 7) is 3.40. The summed E-state index contributed by atoms with van der Waals surface area (Å²) >= 11 is 0. The van der Waals surface area contributed by atoms with Crippen molar-refractivity contribution in [3.05, 3.63) is 35.4 Å². The van der Waals surface area contributed by atoms with Gasteiger partial charge in [-0.3, -0.25) is 9.80 Å². The second-order valence-electron chi connectivity index (χ2n) is 6.81. The molecule has 1 heterocycles. The molecule has 128 valence electrons. The minimum Gasteiger partial charge on any atom is -0.396 e. The number of hydrogen-bond acceptors (Lipinski definition) is 3. The molecule has 0 spiro atoms. The third kappa shape index (κ3) is 4.08. The first-order chi connectivity index (χ1) is 11.2. The van der Waals surface area contributed by atoms with Crippen LogP contribution < -0.4 is 0 Å². The van der Waals surface area contributed by atoms with Crippen LogP contribution in [0.15, 0.2) is 18.2 Å². The smallest absolute Gasteiger partial charge is 0.130 e. The van der Waals surface area contributed by atoms with Crippen molar-refractivity contribution in [3.8, 4) is 0 Å². The van der Waals surface area contributed by atoms with Crippen molar-refractivity contribution in [3.63, 3.8) is 0 Å². The third-order valence-electron chi connectivity index (χ3n) is 5.28. The quantitative estimate of drug-likeness (QED) is 0.902. The predicted molar refractivity (Wildman–Crippen MR) is 86.1 cm³/mol. The van der Waals surface area contributed by atoms with Crippen LogP contribution in [0.3, 0.4) is 0 Å². The highest BCUT2D eigenvalue weighted by molar-refractivity contribution is 5.18. The molecule has 1 aliphatic heterocycles. The molecule has 2 aliphatic rings. The largest absolute Gasteiger partial charge is 0.396 e. The Balaban J connectivity index is 1.64. The van der Waals surface area contributed by atoms with E-state index in [2.05, 4.69) is 9.80 Å². The van der Waals surface area contributed by atoms with Gasteiger partial charge >= 0.3 is 0 Å². The Labute approximate surface area is 136 Å². The van der Waals surface area contributed by atoms with Gasteiger partial charge in [0.15, 0.2) is 0 Å². The molecule has 1 atom stereocenters. The van der Waals surface area contributed by atoms with Gasteiger partial charge in [0.25, 0.3) is 0 Å². The number of halogens is 2. The maximum Gasteiger partial charge on any atom is 0.130 e. The van der Waals surface area contributed by atoms with Crippen LogP contribution in [0.4, 0.5) is 8.78 Å². The van der Waals surface area contributed by atoms with E-state index >= 15 is 0 Å². The summed E-state index contributed by atoms with van der Waals surface area (Å²) < 4.78 is 26.9. The van der Waals surface area contributed by atoms with Gasteiger partial charge in [0, 0.05) is 56.5 Å². The fourth-order valence-electron chi connectivity index (χ4n) is 4.09. The molecule has 23 heavy (non-hydrogen) atoms. The average molecular weight is 324 g/mol. The molecule has 1 N–H and O–H groups in total. The fourth-order valence-corrected chi connectivity index (χ4v) is 4.09. The maximum atomic E-state index is 13.9. The molecule has 0 aromatic heterocycles. The number of aliphatic hydroxyl groups is 1. The third-order valence-corrected chi connectivity index (χ3v) is 5.28. The van der Waals surface area contributed by atoms with Crippen LogP contribution in [0, 0.1) is 11.6 Å². The first kappa shape index (κ1) is 16.8. The Morgan fingerprint density at radius 3 is 2.61 bits per heavy atom. The lowest BCUT2D eigenvalue weighted by atomic mass is 10.0. The summed E-state index contributed by atoms with van der Waals surface area (Å²) in [6, 6.07) is 4.79. The van der Waals surface area contributed by atoms with E-state index in [4.69, 9.17) is 0 Å². The molecule has 1 aromatic rings. The summed E-state index contributed by atoms with van der Waals surface area (Å²) in [7, 11) is 0. The number of rotatable bonds is 5. The fraction of sp³-hybridized carbons (Fsp3) is 0.667. The zero-order valence-electron chi connectivity index (χ0n) is 13.6. The highest BCUT2D eigenvalue weighted by atomic mass is 19.1. The van der Waals surface area contributed by atoms with Crippen molar-refractivity contribution in [2.75, 3.05) is 26.2 Å². The van der Waals surface area contributed by atoms with Gasteiger partial charge in [0.05, 0.1) is 0 Å². The molecule has 2 fully saturated rings. The van der Waals surface area contributed by atoms with Crippen molar-refractivity contribution in [1.29, 1.82) is 0 Å².